The van der Waals surface area contributed by atoms with Crippen molar-refractivity contribution in [3.63, 3.8) is 0 Å². The van der Waals surface area contributed by atoms with E-state index in [1.54, 1.807) is 0 Å². The molecule has 8 heteroatoms. The molecule has 2 unspecified atom stereocenters. The number of likely N-dealkylation sites (N-methyl/N-ethyl adjacent to an activating group) is 1. The van der Waals surface area contributed by atoms with Crippen LogP contribution in [0.15, 0.2) is 109 Å². The zero-order valence-electron chi connectivity index (χ0n) is 39.8. The summed E-state index contributed by atoms with van der Waals surface area (Å²) in [6, 6.07) is -0.637. The normalized spacial score (nSPS) is 13.9. The Morgan fingerprint density at radius 2 is 0.919 bits per heavy atom. The summed E-state index contributed by atoms with van der Waals surface area (Å²) < 4.78 is 17.2. The highest BCUT2D eigenvalue weighted by Gasteiger charge is 2.31. The number of esters is 2. The number of aliphatic carboxylic acids is 1. The first-order chi connectivity index (χ1) is 30.1. The van der Waals surface area contributed by atoms with E-state index >= 15 is 0 Å². The molecule has 1 N–H and O–H groups in total. The predicted molar refractivity (Wildman–Crippen MR) is 261 cm³/mol. The molecule has 0 aromatic rings. The molecule has 0 amide bonds. The summed E-state index contributed by atoms with van der Waals surface area (Å²) in [4.78, 5) is 37.0. The van der Waals surface area contributed by atoms with Crippen LogP contribution >= 0.6 is 0 Å². The Morgan fingerprint density at radius 3 is 1.39 bits per heavy atom. The minimum Gasteiger partial charge on any atom is -0.477 e. The Hall–Kier alpha value is -4.01. The van der Waals surface area contributed by atoms with E-state index in [0.717, 1.165) is 77.0 Å². The molecular weight excluding hydrogens is 775 g/mol. The summed E-state index contributed by atoms with van der Waals surface area (Å²) in [6.45, 7) is 4.49. The highest BCUT2D eigenvalue weighted by Crippen LogP contribution is 2.11. The fourth-order valence-corrected chi connectivity index (χ4v) is 6.23. The Labute approximate surface area is 378 Å². The van der Waals surface area contributed by atoms with E-state index in [1.807, 2.05) is 21.1 Å². The maximum Gasteiger partial charge on any atom is 0.362 e. The highest BCUT2D eigenvalue weighted by atomic mass is 16.6. The van der Waals surface area contributed by atoms with Crippen LogP contribution in [-0.4, -0.2) is 80.6 Å². The fraction of sp³-hybridized carbons (Fsp3) is 0.611. The lowest BCUT2D eigenvalue weighted by molar-refractivity contribution is -0.887. The van der Waals surface area contributed by atoms with Crippen LogP contribution in [0.5, 0.6) is 0 Å². The van der Waals surface area contributed by atoms with Crippen LogP contribution in [0, 0.1) is 0 Å². The van der Waals surface area contributed by atoms with Crippen LogP contribution in [0.25, 0.3) is 0 Å². The van der Waals surface area contributed by atoms with Crippen LogP contribution < -0.4 is 0 Å². The lowest BCUT2D eigenvalue weighted by atomic mass is 10.1. The van der Waals surface area contributed by atoms with Gasteiger partial charge in [-0.05, 0) is 96.3 Å². The average Bonchev–Trinajstić information content (AvgIpc) is 3.23. The predicted octanol–water partition coefficient (Wildman–Crippen LogP) is 13.6. The van der Waals surface area contributed by atoms with E-state index in [1.165, 1.54) is 38.5 Å². The van der Waals surface area contributed by atoms with Gasteiger partial charge < -0.3 is 23.8 Å². The number of rotatable bonds is 41. The summed E-state index contributed by atoms with van der Waals surface area (Å²) in [7, 11) is 5.49. The molecule has 0 saturated heterocycles. The summed E-state index contributed by atoms with van der Waals surface area (Å²) >= 11 is 0. The molecule has 0 aromatic heterocycles. The standard InChI is InChI=1S/C54H87NO7/c1-6-8-10-12-14-16-18-20-22-24-25-26-27-29-30-32-34-36-38-40-42-44-52(56)61-49-50(48-60-47-46-51(54(58)59)55(3,4)5)62-53(57)45-43-41-39-37-35-33-31-28-23-21-19-17-15-13-11-9-7-2/h8,10,14,16,20-23,25-26,29-31,33-34,36-37,39,50-51H,6-7,9,11-13,15,17-19,24,27-28,32,35,38,40-49H2,1-5H3/p+1/b10-8+,16-14+,22-20+,23-21+,26-25+,30-29+,33-31+,36-34+,39-37+. The van der Waals surface area contributed by atoms with Crippen molar-refractivity contribution < 1.29 is 38.2 Å². The minimum atomic E-state index is -0.893. The third-order valence-corrected chi connectivity index (χ3v) is 9.91. The molecule has 0 aliphatic rings. The number of carbonyl (C=O) groups excluding carboxylic acids is 2. The summed E-state index contributed by atoms with van der Waals surface area (Å²) in [5.41, 5.74) is 0. The second-order valence-corrected chi connectivity index (χ2v) is 16.6. The number of hydrogen-bond acceptors (Lipinski definition) is 6. The number of carboxylic acid groups (broad SMARTS) is 1. The van der Waals surface area contributed by atoms with Gasteiger partial charge in [-0.3, -0.25) is 9.59 Å². The van der Waals surface area contributed by atoms with Gasteiger partial charge in [-0.15, -0.1) is 0 Å². The number of nitrogens with zero attached hydrogens (tertiary/aromatic N) is 1. The van der Waals surface area contributed by atoms with Gasteiger partial charge in [-0.1, -0.05) is 155 Å². The molecule has 0 heterocycles. The number of unbranched alkanes of at least 4 members (excludes halogenated alkanes) is 9. The number of carboxylic acids is 1. The van der Waals surface area contributed by atoms with Crippen molar-refractivity contribution >= 4 is 17.9 Å². The van der Waals surface area contributed by atoms with Crippen molar-refractivity contribution in [3.05, 3.63) is 109 Å². The van der Waals surface area contributed by atoms with Crippen LogP contribution in [0.1, 0.15) is 162 Å². The van der Waals surface area contributed by atoms with Crippen molar-refractivity contribution in [1.29, 1.82) is 0 Å². The fourth-order valence-electron chi connectivity index (χ4n) is 6.23. The molecule has 0 saturated carbocycles. The molecule has 0 spiro atoms. The molecule has 0 aliphatic heterocycles. The zero-order chi connectivity index (χ0) is 45.6. The first-order valence-corrected chi connectivity index (χ1v) is 23.9. The summed E-state index contributed by atoms with van der Waals surface area (Å²) in [6.07, 6.45) is 60.0. The van der Waals surface area contributed by atoms with Crippen molar-refractivity contribution in [1.82, 2.24) is 0 Å². The van der Waals surface area contributed by atoms with Crippen molar-refractivity contribution in [2.75, 3.05) is 41.0 Å². The summed E-state index contributed by atoms with van der Waals surface area (Å²) in [5.74, 6) is -1.61. The molecule has 0 aliphatic carbocycles. The number of allylic oxidation sites excluding steroid dienone is 18. The second kappa shape index (κ2) is 43.6. The van der Waals surface area contributed by atoms with E-state index in [4.69, 9.17) is 14.2 Å². The molecule has 0 rings (SSSR count). The van der Waals surface area contributed by atoms with Crippen LogP contribution in [-0.2, 0) is 28.6 Å². The third kappa shape index (κ3) is 41.3. The summed E-state index contributed by atoms with van der Waals surface area (Å²) in [5, 5.41) is 9.64. The monoisotopic (exact) mass is 863 g/mol. The second-order valence-electron chi connectivity index (χ2n) is 16.6. The molecule has 0 bridgehead atoms. The van der Waals surface area contributed by atoms with Crippen molar-refractivity contribution in [2.24, 2.45) is 0 Å². The highest BCUT2D eigenvalue weighted by molar-refractivity contribution is 5.72. The van der Waals surface area contributed by atoms with Gasteiger partial charge in [0.25, 0.3) is 0 Å². The first-order valence-electron chi connectivity index (χ1n) is 23.9. The topological polar surface area (TPSA) is 99.1 Å². The van der Waals surface area contributed by atoms with Gasteiger partial charge in [0, 0.05) is 19.3 Å². The van der Waals surface area contributed by atoms with Gasteiger partial charge in [0.2, 0.25) is 0 Å². The van der Waals surface area contributed by atoms with Crippen molar-refractivity contribution in [2.45, 2.75) is 174 Å². The lowest BCUT2D eigenvalue weighted by Crippen LogP contribution is -2.50. The molecule has 0 radical (unpaired) electrons. The van der Waals surface area contributed by atoms with E-state index < -0.39 is 18.1 Å². The van der Waals surface area contributed by atoms with Gasteiger partial charge in [-0.2, -0.15) is 0 Å². The Kier molecular flexibility index (Phi) is 40.8. The maximum absolute atomic E-state index is 12.7. The molecule has 350 valence electrons. The van der Waals surface area contributed by atoms with Gasteiger partial charge in [-0.25, -0.2) is 4.79 Å². The molecule has 0 aromatic carbocycles. The molecule has 2 atom stereocenters. The number of hydrogen-bond donors (Lipinski definition) is 1. The van der Waals surface area contributed by atoms with E-state index in [0.29, 0.717) is 19.3 Å². The smallest absolute Gasteiger partial charge is 0.362 e. The SMILES string of the molecule is CC/C=C/C/C=C/C/C=C/C/C=C/C/C=C/C/C=C/CCCCC(=O)OCC(COCCC(C(=O)O)[N+](C)(C)C)OC(=O)CCC/C=C/C/C=C/C/C=C/CCCCCCCC. The maximum atomic E-state index is 12.7. The van der Waals surface area contributed by atoms with Crippen molar-refractivity contribution in [3.8, 4) is 0 Å². The number of ether oxygens (including phenoxy) is 3. The third-order valence-electron chi connectivity index (χ3n) is 9.91. The van der Waals surface area contributed by atoms with Crippen LogP contribution in [0.3, 0.4) is 0 Å². The Morgan fingerprint density at radius 1 is 0.500 bits per heavy atom. The zero-order valence-corrected chi connectivity index (χ0v) is 39.8. The molecule has 8 nitrogen and oxygen atoms in total. The van der Waals surface area contributed by atoms with Gasteiger partial charge in [0.15, 0.2) is 12.1 Å². The quantitative estimate of drug-likeness (QED) is 0.0283. The van der Waals surface area contributed by atoms with Gasteiger partial charge in [0.05, 0.1) is 34.4 Å². The average molecular weight is 863 g/mol. The van der Waals surface area contributed by atoms with Crippen LogP contribution in [0.2, 0.25) is 0 Å². The minimum absolute atomic E-state index is 0.0195. The lowest BCUT2D eigenvalue weighted by Gasteiger charge is -2.31. The molecule has 62 heavy (non-hydrogen) atoms. The van der Waals surface area contributed by atoms with Gasteiger partial charge >= 0.3 is 17.9 Å². The largest absolute Gasteiger partial charge is 0.477 e. The van der Waals surface area contributed by atoms with E-state index in [-0.39, 0.29) is 49.1 Å². The Bertz CT molecular complexity index is 1370. The van der Waals surface area contributed by atoms with Gasteiger partial charge in [0.1, 0.15) is 6.61 Å². The molecule has 0 fully saturated rings. The number of quaternary nitrogens is 1. The van der Waals surface area contributed by atoms with Crippen LogP contribution in [0.4, 0.5) is 0 Å². The number of carbonyl (C=O) groups is 3. The first kappa shape index (κ1) is 58.0. The molecular formula is C54H88NO7+. The Balaban J connectivity index is 4.48. The van der Waals surface area contributed by atoms with E-state index in [2.05, 4.69) is 123 Å². The van der Waals surface area contributed by atoms with E-state index in [9.17, 15) is 19.5 Å².